The Morgan fingerprint density at radius 1 is 0.667 bits per heavy atom. The lowest BCUT2D eigenvalue weighted by atomic mass is 9.47. The second-order valence-corrected chi connectivity index (χ2v) is 21.7. The molecule has 1 N–H and O–H groups in total. The number of ether oxygens (including phenoxy) is 3. The second-order valence-electron chi connectivity index (χ2n) is 21.7. The van der Waals surface area contributed by atoms with E-state index in [-0.39, 0.29) is 6.04 Å². The van der Waals surface area contributed by atoms with Crippen molar-refractivity contribution in [2.24, 2.45) is 40.4 Å². The van der Waals surface area contributed by atoms with E-state index in [4.69, 9.17) is 14.2 Å². The normalized spacial score (nSPS) is 28.2. The molecule has 0 unspecified atom stereocenters. The van der Waals surface area contributed by atoms with Gasteiger partial charge in [0.25, 0.3) is 0 Å². The number of likely N-dealkylation sites (N-methyl/N-ethyl adjacent to an activating group) is 1. The molecule has 0 bridgehead atoms. The van der Waals surface area contributed by atoms with Crippen LogP contribution in [0.15, 0.2) is 23.8 Å². The fraction of sp³-hybridized carbons (Fsp3) is 0.929. The van der Waals surface area contributed by atoms with Gasteiger partial charge in [-0.3, -0.25) is 0 Å². The van der Waals surface area contributed by atoms with E-state index in [2.05, 4.69) is 58.2 Å². The van der Waals surface area contributed by atoms with Crippen molar-refractivity contribution in [3.63, 3.8) is 0 Å². The molecule has 4 aliphatic rings. The van der Waals surface area contributed by atoms with Gasteiger partial charge < -0.3 is 19.5 Å². The average Bonchev–Trinajstić information content (AvgIpc) is 3.58. The summed E-state index contributed by atoms with van der Waals surface area (Å²) in [5, 5.41) is 3.39. The van der Waals surface area contributed by atoms with Crippen LogP contribution in [0.4, 0.5) is 0 Å². The molecule has 0 aliphatic heterocycles. The van der Waals surface area contributed by atoms with E-state index >= 15 is 0 Å². The van der Waals surface area contributed by atoms with Crippen molar-refractivity contribution in [2.75, 3.05) is 40.1 Å². The molecule has 0 spiro atoms. The summed E-state index contributed by atoms with van der Waals surface area (Å²) in [6, 6.07) is 0.289. The van der Waals surface area contributed by atoms with E-state index in [1.54, 1.807) is 5.57 Å². The van der Waals surface area contributed by atoms with Crippen LogP contribution in [0, 0.1) is 40.4 Å². The van der Waals surface area contributed by atoms with Crippen molar-refractivity contribution in [3.8, 4) is 0 Å². The number of fused-ring (bicyclic) bond motifs is 5. The monoisotopic (exact) mass is 838 g/mol. The van der Waals surface area contributed by atoms with E-state index in [1.807, 2.05) is 7.05 Å². The Balaban J connectivity index is 0.938. The van der Waals surface area contributed by atoms with Gasteiger partial charge in [0.2, 0.25) is 0 Å². The molecule has 4 rings (SSSR count). The largest absolute Gasteiger partial charge is 0.380 e. The minimum absolute atomic E-state index is 0.289. The molecule has 3 fully saturated rings. The van der Waals surface area contributed by atoms with E-state index < -0.39 is 0 Å². The third-order valence-electron chi connectivity index (χ3n) is 16.7. The minimum atomic E-state index is 0.289. The number of allylic oxidation sites excluding steroid dienone is 3. The first-order valence-electron chi connectivity index (χ1n) is 27.1. The number of hydrogen-bond donors (Lipinski definition) is 1. The Labute approximate surface area is 374 Å². The van der Waals surface area contributed by atoms with Gasteiger partial charge in [-0.2, -0.15) is 0 Å². The highest BCUT2D eigenvalue weighted by atomic mass is 16.5. The van der Waals surface area contributed by atoms with Crippen LogP contribution in [0.3, 0.4) is 0 Å². The summed E-state index contributed by atoms with van der Waals surface area (Å²) < 4.78 is 18.6. The van der Waals surface area contributed by atoms with E-state index in [1.165, 1.54) is 199 Å². The lowest BCUT2D eigenvalue weighted by molar-refractivity contribution is -0.0589. The highest BCUT2D eigenvalue weighted by Gasteiger charge is 2.58. The molecule has 8 atom stereocenters. The predicted molar refractivity (Wildman–Crippen MR) is 260 cm³/mol. The van der Waals surface area contributed by atoms with E-state index in [0.717, 1.165) is 69.0 Å². The van der Waals surface area contributed by atoms with Crippen LogP contribution in [0.2, 0.25) is 0 Å². The Morgan fingerprint density at radius 2 is 1.27 bits per heavy atom. The minimum Gasteiger partial charge on any atom is -0.380 e. The van der Waals surface area contributed by atoms with Gasteiger partial charge in [-0.25, -0.2) is 0 Å². The van der Waals surface area contributed by atoms with Gasteiger partial charge in [-0.15, -0.1) is 0 Å². The molecule has 60 heavy (non-hydrogen) atoms. The standard InChI is InChI=1S/C56H103NO3/c1-7-8-9-10-11-12-13-14-15-16-17-18-19-20-22-28-41-58-45-50(57-6)46-59-42-29-23-21-24-30-43-60-51-37-39-56(5)49(44-51)33-35-52-53-36-34-48(32-27-25-26-31-47(2)3)55(53,4)40-38-54(52)56/h14-15,33,47-48,50-54,57H,7-13,16-32,34-46H2,1-6H3/b15-14-/t48-,50+,51-,52-,53-,54-,55+,56-/m0/s1. The molecule has 0 aromatic rings. The van der Waals surface area contributed by atoms with Crippen LogP contribution in [0.1, 0.15) is 240 Å². The Morgan fingerprint density at radius 3 is 1.90 bits per heavy atom. The highest BCUT2D eigenvalue weighted by Crippen LogP contribution is 2.67. The molecule has 350 valence electrons. The summed E-state index contributed by atoms with van der Waals surface area (Å²) in [4.78, 5) is 0. The van der Waals surface area contributed by atoms with Crippen LogP contribution in [0.5, 0.6) is 0 Å². The molecule has 0 radical (unpaired) electrons. The van der Waals surface area contributed by atoms with Crippen LogP contribution >= 0.6 is 0 Å². The number of unbranched alkanes of at least 4 members (excludes halogenated alkanes) is 18. The molecule has 4 nitrogen and oxygen atoms in total. The second kappa shape index (κ2) is 30.5. The quantitative estimate of drug-likeness (QED) is 0.0504. The fourth-order valence-corrected chi connectivity index (χ4v) is 12.7. The summed E-state index contributed by atoms with van der Waals surface area (Å²) in [6.07, 6.45) is 51.5. The SMILES string of the molecule is CCCCCCCC/C=C\CCCCCCCCOC[C@H](COCCCCCCCO[C@H]1CC[C@@]2(C)C(=CC[C@H]3[C@@H]4CC[C@H](CCCCCC(C)C)[C@@]4(C)CC[C@@H]32)C1)NC. The van der Waals surface area contributed by atoms with E-state index in [0.29, 0.717) is 16.9 Å². The number of nitrogens with one attached hydrogen (secondary N) is 1. The first-order valence-corrected chi connectivity index (χ1v) is 27.1. The van der Waals surface area contributed by atoms with E-state index in [9.17, 15) is 0 Å². The van der Waals surface area contributed by atoms with Gasteiger partial charge >= 0.3 is 0 Å². The zero-order valence-corrected chi connectivity index (χ0v) is 41.2. The summed E-state index contributed by atoms with van der Waals surface area (Å²) >= 11 is 0. The summed E-state index contributed by atoms with van der Waals surface area (Å²) in [6.45, 7) is 16.6. The van der Waals surface area contributed by atoms with Crippen LogP contribution in [-0.2, 0) is 14.2 Å². The molecule has 0 amide bonds. The van der Waals surface area contributed by atoms with Crippen molar-refractivity contribution in [1.29, 1.82) is 0 Å². The molecule has 4 heteroatoms. The van der Waals surface area contributed by atoms with Crippen molar-refractivity contribution >= 4 is 0 Å². The van der Waals surface area contributed by atoms with Gasteiger partial charge in [0, 0.05) is 19.8 Å². The molecule has 4 aliphatic carbocycles. The predicted octanol–water partition coefficient (Wildman–Crippen LogP) is 16.2. The molecule has 0 aromatic heterocycles. The van der Waals surface area contributed by atoms with Crippen molar-refractivity contribution in [2.45, 2.75) is 252 Å². The average molecular weight is 838 g/mol. The first-order chi connectivity index (χ1) is 29.3. The zero-order chi connectivity index (χ0) is 42.7. The maximum absolute atomic E-state index is 6.58. The highest BCUT2D eigenvalue weighted by molar-refractivity contribution is 5.25. The fourth-order valence-electron chi connectivity index (χ4n) is 12.7. The first kappa shape index (κ1) is 51.9. The number of rotatable bonds is 36. The van der Waals surface area contributed by atoms with Crippen LogP contribution in [0.25, 0.3) is 0 Å². The van der Waals surface area contributed by atoms with Crippen molar-refractivity contribution in [1.82, 2.24) is 5.32 Å². The maximum atomic E-state index is 6.58. The lowest BCUT2D eigenvalue weighted by Gasteiger charge is -2.58. The van der Waals surface area contributed by atoms with Crippen LogP contribution < -0.4 is 5.32 Å². The zero-order valence-electron chi connectivity index (χ0n) is 41.2. The Kier molecular flexibility index (Phi) is 26.4. The maximum Gasteiger partial charge on any atom is 0.0642 e. The topological polar surface area (TPSA) is 39.7 Å². The Hall–Kier alpha value is -0.680. The smallest absolute Gasteiger partial charge is 0.0642 e. The Bertz CT molecular complexity index is 1130. The summed E-state index contributed by atoms with van der Waals surface area (Å²) in [5.41, 5.74) is 2.83. The lowest BCUT2D eigenvalue weighted by Crippen LogP contribution is -2.50. The molecule has 0 saturated heterocycles. The molecular weight excluding hydrogens is 735 g/mol. The van der Waals surface area contributed by atoms with Crippen LogP contribution in [-0.4, -0.2) is 52.2 Å². The van der Waals surface area contributed by atoms with Crippen molar-refractivity contribution in [3.05, 3.63) is 23.8 Å². The van der Waals surface area contributed by atoms with Gasteiger partial charge in [0.1, 0.15) is 0 Å². The third kappa shape index (κ3) is 18.1. The van der Waals surface area contributed by atoms with Gasteiger partial charge in [-0.05, 0) is 150 Å². The molecule has 3 saturated carbocycles. The number of hydrogen-bond acceptors (Lipinski definition) is 4. The van der Waals surface area contributed by atoms with Crippen molar-refractivity contribution < 1.29 is 14.2 Å². The summed E-state index contributed by atoms with van der Waals surface area (Å²) in [5.74, 6) is 4.68. The molecule has 0 aromatic carbocycles. The van der Waals surface area contributed by atoms with Gasteiger partial charge in [0.15, 0.2) is 0 Å². The molecule has 0 heterocycles. The molecular formula is C56H103NO3. The van der Waals surface area contributed by atoms with Gasteiger partial charge in [-0.1, -0.05) is 161 Å². The summed E-state index contributed by atoms with van der Waals surface area (Å²) in [7, 11) is 2.03. The van der Waals surface area contributed by atoms with Gasteiger partial charge in [0.05, 0.1) is 25.4 Å². The third-order valence-corrected chi connectivity index (χ3v) is 16.7.